The van der Waals surface area contributed by atoms with E-state index < -0.39 is 11.9 Å². The molecule has 0 saturated heterocycles. The maximum atomic E-state index is 13.1. The van der Waals surface area contributed by atoms with Crippen molar-refractivity contribution in [3.8, 4) is 11.4 Å². The van der Waals surface area contributed by atoms with E-state index in [9.17, 15) is 19.2 Å². The normalized spacial score (nSPS) is 13.6. The van der Waals surface area contributed by atoms with Gasteiger partial charge in [0.1, 0.15) is 23.1 Å². The molecular formula is C30H35N7O6. The summed E-state index contributed by atoms with van der Waals surface area (Å²) < 4.78 is 8.04. The fraction of sp³-hybridized carbons (Fsp3) is 0.400. The molecule has 4 N–H and O–H groups in total. The number of aryl methyl sites for hydroxylation is 1. The van der Waals surface area contributed by atoms with Crippen molar-refractivity contribution in [3.63, 3.8) is 0 Å². The number of ether oxygens (including phenoxy) is 1. The second-order valence-electron chi connectivity index (χ2n) is 10.4. The Morgan fingerprint density at radius 2 is 1.93 bits per heavy atom. The van der Waals surface area contributed by atoms with Crippen LogP contribution in [0.2, 0.25) is 0 Å². The molecule has 0 radical (unpaired) electrons. The fourth-order valence-electron chi connectivity index (χ4n) is 4.85. The second kappa shape index (κ2) is 13.6. The number of rotatable bonds is 14. The molecule has 13 nitrogen and oxygen atoms in total. The molecule has 5 rings (SSSR count). The van der Waals surface area contributed by atoms with Crippen LogP contribution in [0.3, 0.4) is 0 Å². The zero-order chi connectivity index (χ0) is 30.3. The van der Waals surface area contributed by atoms with Crippen molar-refractivity contribution in [3.05, 3.63) is 80.8 Å². The largest absolute Gasteiger partial charge is 0.394 e. The highest BCUT2D eigenvalue weighted by molar-refractivity contribution is 5.96. The minimum Gasteiger partial charge on any atom is -0.394 e. The van der Waals surface area contributed by atoms with Crippen LogP contribution in [0.5, 0.6) is 0 Å². The summed E-state index contributed by atoms with van der Waals surface area (Å²) in [5.74, 6) is -0.555. The Bertz CT molecular complexity index is 1690. The molecule has 3 aromatic heterocycles. The highest BCUT2D eigenvalue weighted by Crippen LogP contribution is 2.32. The van der Waals surface area contributed by atoms with Crippen molar-refractivity contribution in [1.82, 2.24) is 34.7 Å². The summed E-state index contributed by atoms with van der Waals surface area (Å²) in [6.07, 6.45) is 4.03. The number of hydrogen-bond donors (Lipinski definition) is 4. The Morgan fingerprint density at radius 1 is 1.14 bits per heavy atom. The zero-order valence-corrected chi connectivity index (χ0v) is 23.9. The van der Waals surface area contributed by atoms with Crippen LogP contribution in [0.15, 0.2) is 58.3 Å². The van der Waals surface area contributed by atoms with Gasteiger partial charge in [-0.3, -0.25) is 28.5 Å². The first kappa shape index (κ1) is 29.9. The van der Waals surface area contributed by atoms with Crippen LogP contribution in [0.25, 0.3) is 22.6 Å². The average Bonchev–Trinajstić information content (AvgIpc) is 3.75. The number of aliphatic hydroxyl groups excluding tert-OH is 1. The number of aromatic nitrogens is 5. The summed E-state index contributed by atoms with van der Waals surface area (Å²) in [7, 11) is 0. The predicted octanol–water partition coefficient (Wildman–Crippen LogP) is 1.16. The lowest BCUT2D eigenvalue weighted by Gasteiger charge is -2.18. The molecule has 0 aliphatic heterocycles. The first-order valence-electron chi connectivity index (χ1n) is 14.4. The number of aromatic amines is 1. The quantitative estimate of drug-likeness (QED) is 0.159. The summed E-state index contributed by atoms with van der Waals surface area (Å²) in [5.41, 5.74) is 1.31. The minimum atomic E-state index is -0.867. The number of pyridine rings is 1. The molecule has 1 unspecified atom stereocenters. The molecule has 226 valence electrons. The standard InChI is InChI=1S/C30H35N7O6/c1-2-13-36-26-24(29(41)37(30(36)42)21-9-10-21)34-25(35-26)20-8-11-22(32-18-20)28(40)33-23(17-19-6-4-3-5-7-19)27(39)31-12-15-43-16-14-38/h3-8,11,18,21,23,38H,2,9-10,12-17H2,1H3,(H,31,39)(H,33,40)(H,34,35). The van der Waals surface area contributed by atoms with Crippen molar-refractivity contribution in [2.24, 2.45) is 0 Å². The van der Waals surface area contributed by atoms with Gasteiger partial charge in [-0.25, -0.2) is 9.78 Å². The Kier molecular flexibility index (Phi) is 9.42. The van der Waals surface area contributed by atoms with E-state index in [-0.39, 0.29) is 67.2 Å². The number of nitrogens with one attached hydrogen (secondary N) is 3. The van der Waals surface area contributed by atoms with E-state index in [0.29, 0.717) is 30.0 Å². The SMILES string of the molecule is CCCn1c(=O)n(C2CC2)c(=O)c2[nH]c(-c3ccc(C(=O)NC(Cc4ccccc4)C(=O)NCCOCCO)nc3)nc21. The van der Waals surface area contributed by atoms with Crippen molar-refractivity contribution < 1.29 is 19.4 Å². The maximum Gasteiger partial charge on any atom is 0.333 e. The van der Waals surface area contributed by atoms with E-state index in [1.165, 1.54) is 21.4 Å². The lowest BCUT2D eigenvalue weighted by Crippen LogP contribution is -2.48. The lowest BCUT2D eigenvalue weighted by molar-refractivity contribution is -0.123. The molecule has 4 aromatic rings. The third kappa shape index (κ3) is 6.89. The molecule has 1 aliphatic rings. The second-order valence-corrected chi connectivity index (χ2v) is 10.4. The Hall–Kier alpha value is -4.62. The van der Waals surface area contributed by atoms with Crippen LogP contribution in [-0.4, -0.2) is 73.4 Å². The van der Waals surface area contributed by atoms with Gasteiger partial charge in [0.25, 0.3) is 11.5 Å². The van der Waals surface area contributed by atoms with E-state index in [4.69, 9.17) is 9.84 Å². The summed E-state index contributed by atoms with van der Waals surface area (Å²) in [6.45, 7) is 2.90. The van der Waals surface area contributed by atoms with E-state index in [1.54, 1.807) is 6.07 Å². The van der Waals surface area contributed by atoms with Gasteiger partial charge in [-0.1, -0.05) is 37.3 Å². The molecule has 1 fully saturated rings. The number of aliphatic hydroxyl groups is 1. The smallest absolute Gasteiger partial charge is 0.333 e. The Balaban J connectivity index is 1.34. The Labute approximate surface area is 246 Å². The van der Waals surface area contributed by atoms with E-state index in [2.05, 4.69) is 25.6 Å². The predicted molar refractivity (Wildman–Crippen MR) is 159 cm³/mol. The van der Waals surface area contributed by atoms with E-state index >= 15 is 0 Å². The van der Waals surface area contributed by atoms with Gasteiger partial charge in [-0.2, -0.15) is 0 Å². The molecule has 43 heavy (non-hydrogen) atoms. The topological polar surface area (TPSA) is 173 Å². The molecule has 2 amide bonds. The van der Waals surface area contributed by atoms with Gasteiger partial charge in [0.15, 0.2) is 5.65 Å². The minimum absolute atomic E-state index is 0.0777. The molecule has 0 bridgehead atoms. The number of carbonyl (C=O) groups excluding carboxylic acids is 2. The fourth-order valence-corrected chi connectivity index (χ4v) is 4.85. The van der Waals surface area contributed by atoms with Gasteiger partial charge in [0.2, 0.25) is 5.91 Å². The van der Waals surface area contributed by atoms with Crippen molar-refractivity contribution >= 4 is 23.0 Å². The first-order chi connectivity index (χ1) is 20.9. The van der Waals surface area contributed by atoms with Crippen LogP contribution in [0, 0.1) is 0 Å². The summed E-state index contributed by atoms with van der Waals surface area (Å²) in [5, 5.41) is 14.4. The first-order valence-corrected chi connectivity index (χ1v) is 14.4. The van der Waals surface area contributed by atoms with Crippen molar-refractivity contribution in [2.75, 3.05) is 26.4 Å². The lowest BCUT2D eigenvalue weighted by atomic mass is 10.0. The number of amides is 2. The zero-order valence-electron chi connectivity index (χ0n) is 23.9. The van der Waals surface area contributed by atoms with Gasteiger partial charge in [0, 0.05) is 37.3 Å². The van der Waals surface area contributed by atoms with Crippen LogP contribution < -0.4 is 21.9 Å². The third-order valence-corrected chi connectivity index (χ3v) is 7.12. The molecule has 1 aromatic carbocycles. The van der Waals surface area contributed by atoms with Crippen molar-refractivity contribution in [1.29, 1.82) is 0 Å². The number of imidazole rings is 1. The number of nitrogens with zero attached hydrogens (tertiary/aromatic N) is 4. The summed E-state index contributed by atoms with van der Waals surface area (Å²) in [6, 6.07) is 11.5. The van der Waals surface area contributed by atoms with Gasteiger partial charge in [-0.05, 0) is 37.0 Å². The number of fused-ring (bicyclic) bond motifs is 1. The van der Waals surface area contributed by atoms with Gasteiger partial charge in [0.05, 0.1) is 19.8 Å². The van der Waals surface area contributed by atoms with E-state index in [1.807, 2.05) is 37.3 Å². The average molecular weight is 590 g/mol. The number of hydrogen-bond acceptors (Lipinski definition) is 8. The van der Waals surface area contributed by atoms with Crippen LogP contribution in [0.1, 0.15) is 48.3 Å². The van der Waals surface area contributed by atoms with Crippen LogP contribution >= 0.6 is 0 Å². The number of carbonyl (C=O) groups is 2. The molecule has 13 heteroatoms. The van der Waals surface area contributed by atoms with Gasteiger partial charge >= 0.3 is 5.69 Å². The summed E-state index contributed by atoms with van der Waals surface area (Å²) >= 11 is 0. The van der Waals surface area contributed by atoms with Crippen LogP contribution in [0.4, 0.5) is 0 Å². The summed E-state index contributed by atoms with van der Waals surface area (Å²) in [4.78, 5) is 64.2. The molecule has 1 atom stereocenters. The Morgan fingerprint density at radius 3 is 2.60 bits per heavy atom. The monoisotopic (exact) mass is 589 g/mol. The number of benzene rings is 1. The van der Waals surface area contributed by atoms with Crippen LogP contribution in [-0.2, 0) is 22.5 Å². The third-order valence-electron chi connectivity index (χ3n) is 7.12. The molecular weight excluding hydrogens is 554 g/mol. The highest BCUT2D eigenvalue weighted by Gasteiger charge is 2.30. The molecule has 1 saturated carbocycles. The number of H-pyrrole nitrogens is 1. The molecule has 3 heterocycles. The maximum absolute atomic E-state index is 13.1. The molecule has 1 aliphatic carbocycles. The molecule has 0 spiro atoms. The van der Waals surface area contributed by atoms with Gasteiger partial charge in [-0.15, -0.1) is 0 Å². The van der Waals surface area contributed by atoms with Crippen molar-refractivity contribution in [2.45, 2.75) is 51.2 Å². The van der Waals surface area contributed by atoms with E-state index in [0.717, 1.165) is 18.4 Å². The highest BCUT2D eigenvalue weighted by atomic mass is 16.5. The van der Waals surface area contributed by atoms with Gasteiger partial charge < -0.3 is 25.5 Å².